The first kappa shape index (κ1) is 7.63. The minimum Gasteiger partial charge on any atom is -0.451 e. The van der Waals surface area contributed by atoms with Gasteiger partial charge >= 0.3 is 5.97 Å². The maximum atomic E-state index is 11.9. The lowest BCUT2D eigenvalue weighted by molar-refractivity contribution is -0.247. The van der Waals surface area contributed by atoms with Crippen LogP contribution < -0.4 is 0 Å². The van der Waals surface area contributed by atoms with Crippen LogP contribution >= 0.6 is 0 Å². The average Bonchev–Trinajstić information content (AvgIpc) is 2.89. The van der Waals surface area contributed by atoms with E-state index in [2.05, 4.69) is 0 Å². The summed E-state index contributed by atoms with van der Waals surface area (Å²) in [5, 5.41) is 0. The molecule has 4 nitrogen and oxygen atoms in total. The van der Waals surface area contributed by atoms with Gasteiger partial charge in [0, 0.05) is 0 Å². The molecule has 0 aromatic rings. The van der Waals surface area contributed by atoms with E-state index in [1.807, 2.05) is 0 Å². The highest BCUT2D eigenvalue weighted by Gasteiger charge is 2.91. The highest BCUT2D eigenvalue weighted by molar-refractivity contribution is 5.89. The largest absolute Gasteiger partial charge is 0.451 e. The molecule has 80 valence electrons. The van der Waals surface area contributed by atoms with Gasteiger partial charge in [0.2, 0.25) is 0 Å². The van der Waals surface area contributed by atoms with E-state index in [-0.39, 0.29) is 36.0 Å². The number of fused-ring (bicyclic) bond motifs is 4. The first-order chi connectivity index (χ1) is 7.30. The van der Waals surface area contributed by atoms with Crippen molar-refractivity contribution in [1.82, 2.24) is 0 Å². The minimum absolute atomic E-state index is 0.0538. The lowest BCUT2D eigenvalue weighted by atomic mass is 9.53. The van der Waals surface area contributed by atoms with Gasteiger partial charge in [-0.2, -0.15) is 0 Å². The standard InChI is InChI=1S/C11H12O4/c12-9-10-5-1-3-7(13-5)11(10,15-9)8-4-2-6(10)14-8/h5-8H,1-4H2/t5-,6-,7+,8+,10?,11?/m0/s1. The van der Waals surface area contributed by atoms with Crippen LogP contribution in [0.2, 0.25) is 0 Å². The number of hydrogen-bond acceptors (Lipinski definition) is 4. The van der Waals surface area contributed by atoms with E-state index in [9.17, 15) is 4.79 Å². The van der Waals surface area contributed by atoms with Crippen LogP contribution in [-0.2, 0) is 19.0 Å². The Bertz CT molecular complexity index is 368. The molecule has 0 unspecified atom stereocenters. The Morgan fingerprint density at radius 1 is 0.933 bits per heavy atom. The lowest BCUT2D eigenvalue weighted by Gasteiger charge is -2.56. The molecule has 15 heavy (non-hydrogen) atoms. The fourth-order valence-corrected chi connectivity index (χ4v) is 4.86. The highest BCUT2D eigenvalue weighted by Crippen LogP contribution is 2.73. The maximum Gasteiger partial charge on any atom is 0.322 e. The third kappa shape index (κ3) is 0.461. The molecule has 4 heteroatoms. The Morgan fingerprint density at radius 3 is 1.93 bits per heavy atom. The van der Waals surface area contributed by atoms with E-state index >= 15 is 0 Å². The molecule has 0 radical (unpaired) electrons. The molecular weight excluding hydrogens is 196 g/mol. The number of carbonyl (C=O) groups excluding carboxylic acids is 1. The average molecular weight is 208 g/mol. The molecular formula is C11H12O4. The van der Waals surface area contributed by atoms with Gasteiger partial charge in [0.15, 0.2) is 11.0 Å². The van der Waals surface area contributed by atoms with Gasteiger partial charge in [0.1, 0.15) is 12.2 Å². The van der Waals surface area contributed by atoms with E-state index in [1.54, 1.807) is 0 Å². The van der Waals surface area contributed by atoms with Gasteiger partial charge < -0.3 is 14.2 Å². The summed E-state index contributed by atoms with van der Waals surface area (Å²) in [5.41, 5.74) is -0.755. The van der Waals surface area contributed by atoms with E-state index in [0.717, 1.165) is 25.7 Å². The Balaban J connectivity index is 1.81. The van der Waals surface area contributed by atoms with Crippen molar-refractivity contribution >= 4 is 5.97 Å². The first-order valence-electron chi connectivity index (χ1n) is 5.84. The Hall–Kier alpha value is -0.610. The van der Waals surface area contributed by atoms with Crippen molar-refractivity contribution < 1.29 is 19.0 Å². The summed E-state index contributed by atoms with van der Waals surface area (Å²) in [5.74, 6) is -0.0538. The predicted octanol–water partition coefficient (Wildman–Crippen LogP) is 0.391. The Morgan fingerprint density at radius 2 is 1.47 bits per heavy atom. The molecule has 4 atom stereocenters. The quantitative estimate of drug-likeness (QED) is 0.540. The summed E-state index contributed by atoms with van der Waals surface area (Å²) in [7, 11) is 0. The second-order valence-electron chi connectivity index (χ2n) is 5.43. The molecule has 5 rings (SSSR count). The molecule has 0 aliphatic carbocycles. The zero-order valence-electron chi connectivity index (χ0n) is 8.27. The van der Waals surface area contributed by atoms with Crippen LogP contribution in [0.5, 0.6) is 0 Å². The summed E-state index contributed by atoms with van der Waals surface area (Å²) in [4.78, 5) is 11.9. The molecule has 5 saturated heterocycles. The van der Waals surface area contributed by atoms with Crippen molar-refractivity contribution in [3.63, 3.8) is 0 Å². The number of hydrogen-bond donors (Lipinski definition) is 0. The molecule has 4 bridgehead atoms. The van der Waals surface area contributed by atoms with Crippen molar-refractivity contribution in [3.05, 3.63) is 0 Å². The maximum absolute atomic E-state index is 11.9. The molecule has 5 aliphatic rings. The van der Waals surface area contributed by atoms with E-state index in [0.29, 0.717) is 0 Å². The topological polar surface area (TPSA) is 44.8 Å². The second kappa shape index (κ2) is 1.84. The zero-order chi connectivity index (χ0) is 9.84. The number of ether oxygens (including phenoxy) is 3. The highest BCUT2D eigenvalue weighted by atomic mass is 16.7. The van der Waals surface area contributed by atoms with Crippen molar-refractivity contribution in [2.45, 2.75) is 55.7 Å². The predicted molar refractivity (Wildman–Crippen MR) is 47.0 cm³/mol. The van der Waals surface area contributed by atoms with Gasteiger partial charge in [-0.1, -0.05) is 0 Å². The number of esters is 1. The van der Waals surface area contributed by atoms with Gasteiger partial charge in [-0.05, 0) is 25.7 Å². The van der Waals surface area contributed by atoms with Crippen molar-refractivity contribution in [2.75, 3.05) is 0 Å². The number of rotatable bonds is 0. The molecule has 0 spiro atoms. The molecule has 5 heterocycles. The Labute approximate surface area is 86.9 Å². The first-order valence-corrected chi connectivity index (χ1v) is 5.84. The summed E-state index contributed by atoms with van der Waals surface area (Å²) in [6.07, 6.45) is 4.49. The third-order valence-electron chi connectivity index (χ3n) is 5.26. The van der Waals surface area contributed by atoms with E-state index in [4.69, 9.17) is 14.2 Å². The normalized spacial score (nSPS) is 67.6. The number of carbonyl (C=O) groups is 1. The van der Waals surface area contributed by atoms with Crippen LogP contribution in [0, 0.1) is 5.41 Å². The summed E-state index contributed by atoms with van der Waals surface area (Å²) < 4.78 is 17.4. The fraction of sp³-hybridized carbons (Fsp3) is 0.909. The van der Waals surface area contributed by atoms with Crippen molar-refractivity contribution in [2.24, 2.45) is 5.41 Å². The van der Waals surface area contributed by atoms with Crippen LogP contribution in [0.15, 0.2) is 0 Å². The van der Waals surface area contributed by atoms with Crippen LogP contribution in [0.1, 0.15) is 25.7 Å². The molecule has 0 aromatic carbocycles. The van der Waals surface area contributed by atoms with Crippen LogP contribution in [0.3, 0.4) is 0 Å². The van der Waals surface area contributed by atoms with Crippen LogP contribution in [-0.4, -0.2) is 36.0 Å². The molecule has 0 amide bonds. The van der Waals surface area contributed by atoms with Gasteiger partial charge in [-0.25, -0.2) is 0 Å². The smallest absolute Gasteiger partial charge is 0.322 e. The van der Waals surface area contributed by atoms with E-state index < -0.39 is 5.41 Å². The van der Waals surface area contributed by atoms with Crippen molar-refractivity contribution in [3.8, 4) is 0 Å². The molecule has 0 N–H and O–H groups in total. The molecule has 5 fully saturated rings. The second-order valence-corrected chi connectivity index (χ2v) is 5.43. The van der Waals surface area contributed by atoms with Crippen LogP contribution in [0.4, 0.5) is 0 Å². The molecule has 5 aliphatic heterocycles. The van der Waals surface area contributed by atoms with Crippen LogP contribution in [0.25, 0.3) is 0 Å². The third-order valence-corrected chi connectivity index (χ3v) is 5.26. The summed E-state index contributed by atoms with van der Waals surface area (Å²) in [6, 6.07) is 0. The van der Waals surface area contributed by atoms with Crippen molar-refractivity contribution in [1.29, 1.82) is 0 Å². The molecule has 0 aromatic heterocycles. The van der Waals surface area contributed by atoms with Gasteiger partial charge in [-0.3, -0.25) is 4.79 Å². The van der Waals surface area contributed by atoms with Gasteiger partial charge in [0.25, 0.3) is 0 Å². The zero-order valence-corrected chi connectivity index (χ0v) is 8.27. The minimum atomic E-state index is -0.390. The lowest BCUT2D eigenvalue weighted by Crippen LogP contribution is -2.76. The van der Waals surface area contributed by atoms with Gasteiger partial charge in [0.05, 0.1) is 12.2 Å². The SMILES string of the molecule is O=C1OC23[C@H]4CC[C@H](O4)C12[C@@H]1CC[C@H]3O1. The van der Waals surface area contributed by atoms with E-state index in [1.165, 1.54) is 0 Å². The summed E-state index contributed by atoms with van der Waals surface area (Å²) >= 11 is 0. The Kier molecular flexibility index (Phi) is 0.938. The fourth-order valence-electron chi connectivity index (χ4n) is 4.86. The summed E-state index contributed by atoms with van der Waals surface area (Å²) in [6.45, 7) is 0. The van der Waals surface area contributed by atoms with Gasteiger partial charge in [-0.15, -0.1) is 0 Å². The monoisotopic (exact) mass is 208 g/mol. The molecule has 0 saturated carbocycles.